The number of rotatable bonds is 5. The highest BCUT2D eigenvalue weighted by Gasteiger charge is 2.15. The smallest absolute Gasteiger partial charge is 0.339 e. The fraction of sp³-hybridized carbons (Fsp3) is 0.500. The highest BCUT2D eigenvalue weighted by molar-refractivity contribution is 5.19. The predicted octanol–water partition coefficient (Wildman–Crippen LogP) is 1.42. The minimum Gasteiger partial charge on any atom is -0.508 e. The van der Waals surface area contributed by atoms with Crippen LogP contribution in [0.5, 0.6) is 5.75 Å². The van der Waals surface area contributed by atoms with Crippen LogP contribution in [0.1, 0.15) is 25.9 Å². The largest absolute Gasteiger partial charge is 0.508 e. The Kier molecular flexibility index (Phi) is 4.33. The van der Waals surface area contributed by atoms with Crippen molar-refractivity contribution >= 4 is 0 Å². The second-order valence-corrected chi connectivity index (χ2v) is 2.78. The Balaban J connectivity index is 2.93. The van der Waals surface area contributed by atoms with Crippen LogP contribution < -0.4 is 5.63 Å². The van der Waals surface area contributed by atoms with Gasteiger partial charge in [-0.05, 0) is 13.8 Å². The van der Waals surface area contributed by atoms with Gasteiger partial charge in [-0.15, -0.1) is 0 Å². The van der Waals surface area contributed by atoms with Gasteiger partial charge in [0.2, 0.25) is 6.29 Å². The molecule has 1 aromatic heterocycles. The summed E-state index contributed by atoms with van der Waals surface area (Å²) in [5, 5.41) is 9.21. The van der Waals surface area contributed by atoms with E-state index >= 15 is 0 Å². The van der Waals surface area contributed by atoms with E-state index < -0.39 is 11.9 Å². The minimum atomic E-state index is -0.750. The van der Waals surface area contributed by atoms with Gasteiger partial charge in [0.05, 0.1) is 6.07 Å². The molecule has 0 amide bonds. The lowest BCUT2D eigenvalue weighted by atomic mass is 10.3. The van der Waals surface area contributed by atoms with E-state index in [1.807, 2.05) is 0 Å². The molecule has 5 heteroatoms. The van der Waals surface area contributed by atoms with Crippen molar-refractivity contribution in [2.24, 2.45) is 0 Å². The summed E-state index contributed by atoms with van der Waals surface area (Å²) in [4.78, 5) is 11.0. The molecule has 0 fully saturated rings. The van der Waals surface area contributed by atoms with E-state index in [0.717, 1.165) is 6.07 Å². The summed E-state index contributed by atoms with van der Waals surface area (Å²) in [6.45, 7) is 4.44. The summed E-state index contributed by atoms with van der Waals surface area (Å²) in [6.07, 6.45) is -0.750. The summed E-state index contributed by atoms with van der Waals surface area (Å²) < 4.78 is 15.3. The first kappa shape index (κ1) is 11.7. The predicted molar refractivity (Wildman–Crippen MR) is 52.6 cm³/mol. The molecule has 5 nitrogen and oxygen atoms in total. The van der Waals surface area contributed by atoms with Gasteiger partial charge in [0.1, 0.15) is 5.75 Å². The van der Waals surface area contributed by atoms with Crippen LogP contribution in [0.3, 0.4) is 0 Å². The topological polar surface area (TPSA) is 68.9 Å². The molecule has 0 spiro atoms. The van der Waals surface area contributed by atoms with E-state index in [-0.39, 0.29) is 11.5 Å². The van der Waals surface area contributed by atoms with Crippen LogP contribution in [0.2, 0.25) is 0 Å². The van der Waals surface area contributed by atoms with Gasteiger partial charge in [-0.2, -0.15) is 0 Å². The SMILES string of the molecule is CCOC(OCC)c1cc(O)cc(=O)o1. The number of aromatic hydroxyl groups is 1. The zero-order valence-electron chi connectivity index (χ0n) is 8.73. The minimum absolute atomic E-state index is 0.161. The first-order chi connectivity index (χ1) is 7.17. The molecule has 0 aliphatic carbocycles. The molecular formula is C10H14O5. The zero-order chi connectivity index (χ0) is 11.3. The molecule has 0 aromatic carbocycles. The van der Waals surface area contributed by atoms with Gasteiger partial charge in [0.25, 0.3) is 0 Å². The van der Waals surface area contributed by atoms with Crippen LogP contribution in [0, 0.1) is 0 Å². The van der Waals surface area contributed by atoms with E-state index in [1.165, 1.54) is 6.07 Å². The van der Waals surface area contributed by atoms with Crippen LogP contribution in [0.15, 0.2) is 21.3 Å². The van der Waals surface area contributed by atoms with Gasteiger partial charge < -0.3 is 19.0 Å². The van der Waals surface area contributed by atoms with Crippen molar-refractivity contribution in [3.8, 4) is 5.75 Å². The van der Waals surface area contributed by atoms with E-state index in [4.69, 9.17) is 13.9 Å². The summed E-state index contributed by atoms with van der Waals surface area (Å²) in [5.74, 6) is 0.00866. The highest BCUT2D eigenvalue weighted by Crippen LogP contribution is 2.20. The molecule has 0 aliphatic heterocycles. The third-order valence-electron chi connectivity index (χ3n) is 1.64. The summed E-state index contributed by atoms with van der Waals surface area (Å²) in [7, 11) is 0. The molecule has 1 aromatic rings. The van der Waals surface area contributed by atoms with Crippen molar-refractivity contribution in [3.63, 3.8) is 0 Å². The van der Waals surface area contributed by atoms with Crippen LogP contribution in [-0.2, 0) is 9.47 Å². The molecule has 1 N–H and O–H groups in total. The fourth-order valence-electron chi connectivity index (χ4n) is 1.11. The second-order valence-electron chi connectivity index (χ2n) is 2.78. The van der Waals surface area contributed by atoms with E-state index in [0.29, 0.717) is 13.2 Å². The Hall–Kier alpha value is -1.33. The van der Waals surface area contributed by atoms with E-state index in [9.17, 15) is 9.90 Å². The molecule has 0 unspecified atom stereocenters. The summed E-state index contributed by atoms with van der Waals surface area (Å²) >= 11 is 0. The maximum absolute atomic E-state index is 11.0. The Morgan fingerprint density at radius 1 is 1.33 bits per heavy atom. The van der Waals surface area contributed by atoms with Crippen molar-refractivity contribution in [1.29, 1.82) is 0 Å². The van der Waals surface area contributed by atoms with Crippen molar-refractivity contribution < 1.29 is 19.0 Å². The third kappa shape index (κ3) is 3.38. The molecule has 0 saturated carbocycles. The number of ether oxygens (including phenoxy) is 2. The molecule has 15 heavy (non-hydrogen) atoms. The standard InChI is InChI=1S/C10H14O5/c1-3-13-10(14-4-2)8-5-7(11)6-9(12)15-8/h5-6,10-11H,3-4H2,1-2H3. The van der Waals surface area contributed by atoms with Crippen LogP contribution in [0.4, 0.5) is 0 Å². The Bertz CT molecular complexity index is 351. The van der Waals surface area contributed by atoms with Crippen molar-refractivity contribution in [3.05, 3.63) is 28.3 Å². The van der Waals surface area contributed by atoms with Crippen LogP contribution in [-0.4, -0.2) is 18.3 Å². The molecule has 0 aliphatic rings. The lowest BCUT2D eigenvalue weighted by Gasteiger charge is -2.15. The van der Waals surface area contributed by atoms with E-state index in [1.54, 1.807) is 13.8 Å². The van der Waals surface area contributed by atoms with Gasteiger partial charge in [-0.25, -0.2) is 4.79 Å². The number of hydrogen-bond acceptors (Lipinski definition) is 5. The van der Waals surface area contributed by atoms with Gasteiger partial charge in [0, 0.05) is 19.3 Å². The first-order valence-corrected chi connectivity index (χ1v) is 4.74. The molecule has 1 heterocycles. The molecule has 0 bridgehead atoms. The molecule has 0 atom stereocenters. The van der Waals surface area contributed by atoms with Crippen molar-refractivity contribution in [1.82, 2.24) is 0 Å². The van der Waals surface area contributed by atoms with Gasteiger partial charge in [0.15, 0.2) is 5.76 Å². The Labute approximate surface area is 87.2 Å². The normalized spacial score (nSPS) is 10.9. The molecule has 84 valence electrons. The van der Waals surface area contributed by atoms with E-state index in [2.05, 4.69) is 0 Å². The Morgan fingerprint density at radius 3 is 2.40 bits per heavy atom. The van der Waals surface area contributed by atoms with Gasteiger partial charge in [-0.3, -0.25) is 0 Å². The maximum Gasteiger partial charge on any atom is 0.339 e. The lowest BCUT2D eigenvalue weighted by Crippen LogP contribution is -2.11. The van der Waals surface area contributed by atoms with Crippen molar-refractivity contribution in [2.45, 2.75) is 20.1 Å². The summed E-state index contributed by atoms with van der Waals surface area (Å²) in [6, 6.07) is 2.29. The molecule has 0 radical (unpaired) electrons. The Morgan fingerprint density at radius 2 is 1.93 bits per heavy atom. The lowest BCUT2D eigenvalue weighted by molar-refractivity contribution is -0.151. The number of hydrogen-bond donors (Lipinski definition) is 1. The van der Waals surface area contributed by atoms with Crippen molar-refractivity contribution in [2.75, 3.05) is 13.2 Å². The van der Waals surface area contributed by atoms with Crippen LogP contribution >= 0.6 is 0 Å². The highest BCUT2D eigenvalue weighted by atomic mass is 16.7. The molecular weight excluding hydrogens is 200 g/mol. The average molecular weight is 214 g/mol. The average Bonchev–Trinajstić information content (AvgIpc) is 2.16. The fourth-order valence-corrected chi connectivity index (χ4v) is 1.11. The molecule has 0 saturated heterocycles. The second kappa shape index (κ2) is 5.53. The van der Waals surface area contributed by atoms with Gasteiger partial charge >= 0.3 is 5.63 Å². The van der Waals surface area contributed by atoms with Crippen LogP contribution in [0.25, 0.3) is 0 Å². The molecule has 1 rings (SSSR count). The van der Waals surface area contributed by atoms with Gasteiger partial charge in [-0.1, -0.05) is 0 Å². The quantitative estimate of drug-likeness (QED) is 0.750. The summed E-state index contributed by atoms with van der Waals surface area (Å²) in [5.41, 5.74) is -0.630. The maximum atomic E-state index is 11.0. The third-order valence-corrected chi connectivity index (χ3v) is 1.64. The first-order valence-electron chi connectivity index (χ1n) is 4.74. The zero-order valence-corrected chi connectivity index (χ0v) is 8.73. The monoisotopic (exact) mass is 214 g/mol.